The van der Waals surface area contributed by atoms with Crippen molar-refractivity contribution in [2.75, 3.05) is 0 Å². The van der Waals surface area contributed by atoms with Crippen LogP contribution in [-0.2, 0) is 13.0 Å². The Hall–Kier alpha value is -2.40. The Balaban J connectivity index is 1.79. The molecule has 26 heavy (non-hydrogen) atoms. The van der Waals surface area contributed by atoms with E-state index < -0.39 is 0 Å². The zero-order valence-electron chi connectivity index (χ0n) is 15.3. The number of Topliss-reactive ketones (excluding diaryl/α,β-unsaturated/α-hetero) is 1. The van der Waals surface area contributed by atoms with Crippen LogP contribution in [0.1, 0.15) is 36.7 Å². The number of carbonyl (C=O) groups is 1. The average Bonchev–Trinajstić information content (AvgIpc) is 3.10. The van der Waals surface area contributed by atoms with Crippen molar-refractivity contribution in [3.8, 4) is 11.4 Å². The summed E-state index contributed by atoms with van der Waals surface area (Å²) in [5.41, 5.74) is 3.01. The van der Waals surface area contributed by atoms with Crippen molar-refractivity contribution in [3.63, 3.8) is 0 Å². The Labute approximate surface area is 158 Å². The second-order valence-electron chi connectivity index (χ2n) is 6.09. The Bertz CT molecular complexity index is 872. The fourth-order valence-electron chi connectivity index (χ4n) is 2.81. The van der Waals surface area contributed by atoms with Crippen molar-refractivity contribution in [2.24, 2.45) is 0 Å². The summed E-state index contributed by atoms with van der Waals surface area (Å²) < 4.78 is 2.06. The third-order valence-electron chi connectivity index (χ3n) is 4.36. The van der Waals surface area contributed by atoms with Gasteiger partial charge in [0.25, 0.3) is 0 Å². The molecule has 1 unspecified atom stereocenters. The molecule has 3 aromatic rings. The van der Waals surface area contributed by atoms with Crippen LogP contribution in [0.4, 0.5) is 0 Å². The monoisotopic (exact) mass is 365 g/mol. The first-order valence-electron chi connectivity index (χ1n) is 8.92. The van der Waals surface area contributed by atoms with Crippen LogP contribution >= 0.6 is 11.8 Å². The maximum absolute atomic E-state index is 12.7. The van der Waals surface area contributed by atoms with Crippen molar-refractivity contribution >= 4 is 17.5 Å². The van der Waals surface area contributed by atoms with Gasteiger partial charge in [-0.25, -0.2) is 0 Å². The molecule has 0 N–H and O–H groups in total. The molecule has 2 aromatic carbocycles. The highest BCUT2D eigenvalue weighted by molar-refractivity contribution is 8.00. The maximum atomic E-state index is 12.7. The van der Waals surface area contributed by atoms with Gasteiger partial charge >= 0.3 is 0 Å². The molecule has 1 aromatic heterocycles. The van der Waals surface area contributed by atoms with E-state index in [2.05, 4.69) is 28.6 Å². The van der Waals surface area contributed by atoms with Crippen molar-refractivity contribution in [3.05, 3.63) is 65.7 Å². The summed E-state index contributed by atoms with van der Waals surface area (Å²) in [4.78, 5) is 12.7. The number of ketones is 1. The molecule has 0 aliphatic heterocycles. The quantitative estimate of drug-likeness (QED) is 0.442. The Morgan fingerprint density at radius 2 is 1.73 bits per heavy atom. The van der Waals surface area contributed by atoms with Crippen LogP contribution in [0.15, 0.2) is 59.8 Å². The van der Waals surface area contributed by atoms with Crippen molar-refractivity contribution in [1.29, 1.82) is 0 Å². The number of nitrogens with zero attached hydrogens (tertiary/aromatic N) is 3. The molecule has 0 bridgehead atoms. The second kappa shape index (κ2) is 8.32. The van der Waals surface area contributed by atoms with Crippen molar-refractivity contribution < 1.29 is 4.79 Å². The van der Waals surface area contributed by atoms with E-state index in [0.29, 0.717) is 0 Å². The molecule has 134 valence electrons. The van der Waals surface area contributed by atoms with Gasteiger partial charge in [0.15, 0.2) is 16.8 Å². The van der Waals surface area contributed by atoms with Crippen LogP contribution < -0.4 is 0 Å². The Kier molecular flexibility index (Phi) is 5.89. The topological polar surface area (TPSA) is 47.8 Å². The molecule has 5 heteroatoms. The molecule has 0 spiro atoms. The predicted octanol–water partition coefficient (Wildman–Crippen LogP) is 4.89. The predicted molar refractivity (Wildman–Crippen MR) is 107 cm³/mol. The molecule has 3 rings (SSSR count). The first-order chi connectivity index (χ1) is 12.6. The zero-order chi connectivity index (χ0) is 18.5. The van der Waals surface area contributed by atoms with E-state index in [0.717, 1.165) is 35.1 Å². The van der Waals surface area contributed by atoms with E-state index in [9.17, 15) is 4.79 Å². The number of rotatable bonds is 7. The first-order valence-corrected chi connectivity index (χ1v) is 9.80. The van der Waals surface area contributed by atoms with E-state index >= 15 is 0 Å². The highest BCUT2D eigenvalue weighted by Gasteiger charge is 2.21. The number of hydrogen-bond acceptors (Lipinski definition) is 4. The second-order valence-corrected chi connectivity index (χ2v) is 7.40. The summed E-state index contributed by atoms with van der Waals surface area (Å²) in [5.74, 6) is 0.951. The fourth-order valence-corrected chi connectivity index (χ4v) is 3.80. The minimum Gasteiger partial charge on any atom is -0.302 e. The van der Waals surface area contributed by atoms with Crippen molar-refractivity contribution in [1.82, 2.24) is 14.8 Å². The minimum atomic E-state index is -0.222. The van der Waals surface area contributed by atoms with Crippen LogP contribution in [0.25, 0.3) is 11.4 Å². The fraction of sp³-hybridized carbons (Fsp3) is 0.286. The summed E-state index contributed by atoms with van der Waals surface area (Å²) in [6.45, 7) is 6.86. The standard InChI is InChI=1S/C21H23N3OS/c1-4-16-11-13-17(14-12-16)19(25)15(3)26-21-23-22-20(24(21)5-2)18-9-7-6-8-10-18/h6-15H,4-5H2,1-3H3. The molecular formula is C21H23N3OS. The lowest BCUT2D eigenvalue weighted by atomic mass is 10.1. The third kappa shape index (κ3) is 3.88. The van der Waals surface area contributed by atoms with Crippen LogP contribution in [0.2, 0.25) is 0 Å². The molecule has 0 aliphatic carbocycles. The molecule has 1 atom stereocenters. The van der Waals surface area contributed by atoms with Gasteiger partial charge < -0.3 is 4.57 Å². The number of aryl methyl sites for hydroxylation is 1. The van der Waals surface area contributed by atoms with Gasteiger partial charge in [-0.15, -0.1) is 10.2 Å². The largest absolute Gasteiger partial charge is 0.302 e. The number of benzene rings is 2. The Morgan fingerprint density at radius 3 is 2.35 bits per heavy atom. The molecule has 0 radical (unpaired) electrons. The lowest BCUT2D eigenvalue weighted by molar-refractivity contribution is 0.0994. The van der Waals surface area contributed by atoms with Crippen molar-refractivity contribution in [2.45, 2.75) is 44.1 Å². The van der Waals surface area contributed by atoms with Gasteiger partial charge in [0.1, 0.15) is 0 Å². The van der Waals surface area contributed by atoms with E-state index in [-0.39, 0.29) is 11.0 Å². The summed E-state index contributed by atoms with van der Waals surface area (Å²) in [5, 5.41) is 9.23. The van der Waals surface area contributed by atoms with Gasteiger partial charge in [0, 0.05) is 17.7 Å². The SMILES string of the molecule is CCc1ccc(C(=O)C(C)Sc2nnc(-c3ccccc3)n2CC)cc1. The smallest absolute Gasteiger partial charge is 0.192 e. The Morgan fingerprint density at radius 1 is 1.04 bits per heavy atom. The van der Waals surface area contributed by atoms with Gasteiger partial charge in [-0.1, -0.05) is 73.3 Å². The van der Waals surface area contributed by atoms with Crippen LogP contribution in [0, 0.1) is 0 Å². The molecule has 0 fully saturated rings. The number of aromatic nitrogens is 3. The van der Waals surface area contributed by atoms with Gasteiger partial charge in [0.2, 0.25) is 0 Å². The first kappa shape index (κ1) is 18.4. The van der Waals surface area contributed by atoms with E-state index in [1.165, 1.54) is 17.3 Å². The average molecular weight is 366 g/mol. The number of hydrogen-bond donors (Lipinski definition) is 0. The van der Waals surface area contributed by atoms with Gasteiger partial charge in [0.05, 0.1) is 5.25 Å². The van der Waals surface area contributed by atoms with Crippen LogP contribution in [0.3, 0.4) is 0 Å². The summed E-state index contributed by atoms with van der Waals surface area (Å²) in [6.07, 6.45) is 0.973. The molecule has 0 aliphatic rings. The molecule has 0 saturated heterocycles. The lowest BCUT2D eigenvalue weighted by Gasteiger charge is -2.12. The molecule has 0 saturated carbocycles. The van der Waals surface area contributed by atoms with Crippen LogP contribution in [0.5, 0.6) is 0 Å². The van der Waals surface area contributed by atoms with Gasteiger partial charge in [-0.2, -0.15) is 0 Å². The van der Waals surface area contributed by atoms with Gasteiger partial charge in [-0.05, 0) is 25.8 Å². The molecule has 0 amide bonds. The van der Waals surface area contributed by atoms with E-state index in [1.807, 2.05) is 61.5 Å². The minimum absolute atomic E-state index is 0.115. The van der Waals surface area contributed by atoms with E-state index in [1.54, 1.807) is 0 Å². The van der Waals surface area contributed by atoms with Gasteiger partial charge in [-0.3, -0.25) is 4.79 Å². The number of carbonyl (C=O) groups excluding carboxylic acids is 1. The number of thioether (sulfide) groups is 1. The molecular weight excluding hydrogens is 342 g/mol. The normalized spacial score (nSPS) is 12.1. The summed E-state index contributed by atoms with van der Waals surface area (Å²) in [7, 11) is 0. The van der Waals surface area contributed by atoms with Crippen LogP contribution in [-0.4, -0.2) is 25.8 Å². The summed E-state index contributed by atoms with van der Waals surface area (Å²) >= 11 is 1.46. The maximum Gasteiger partial charge on any atom is 0.192 e. The summed E-state index contributed by atoms with van der Waals surface area (Å²) in [6, 6.07) is 17.9. The van der Waals surface area contributed by atoms with E-state index in [4.69, 9.17) is 0 Å². The third-order valence-corrected chi connectivity index (χ3v) is 5.44. The highest BCUT2D eigenvalue weighted by atomic mass is 32.2. The molecule has 4 nitrogen and oxygen atoms in total. The highest BCUT2D eigenvalue weighted by Crippen LogP contribution is 2.28. The zero-order valence-corrected chi connectivity index (χ0v) is 16.2. The molecule has 1 heterocycles. The lowest BCUT2D eigenvalue weighted by Crippen LogP contribution is -2.14.